The second kappa shape index (κ2) is 8.86. The minimum Gasteiger partial charge on any atom is -0.483 e. The van der Waals surface area contributed by atoms with E-state index in [1.807, 2.05) is 25.1 Å². The highest BCUT2D eigenvalue weighted by atomic mass is 35.5. The molecule has 0 fully saturated rings. The van der Waals surface area contributed by atoms with Gasteiger partial charge in [0.25, 0.3) is 11.6 Å². The van der Waals surface area contributed by atoms with Gasteiger partial charge >= 0.3 is 0 Å². The summed E-state index contributed by atoms with van der Waals surface area (Å²) < 4.78 is 5.76. The smallest absolute Gasteiger partial charge is 0.269 e. The average Bonchev–Trinajstić information content (AvgIpc) is 2.60. The Morgan fingerprint density at radius 3 is 2.59 bits per heavy atom. The lowest BCUT2D eigenvalue weighted by atomic mass is 10.0. The summed E-state index contributed by atoms with van der Waals surface area (Å²) in [6.07, 6.45) is 0. The van der Waals surface area contributed by atoms with Crippen molar-refractivity contribution in [2.45, 2.75) is 33.2 Å². The van der Waals surface area contributed by atoms with Gasteiger partial charge in [-0.3, -0.25) is 14.9 Å². The molecule has 0 unspecified atom stereocenters. The molecule has 0 saturated heterocycles. The Balaban J connectivity index is 2.06. The number of hydrogen-bond acceptors (Lipinski definition) is 4. The molecule has 0 atom stereocenters. The van der Waals surface area contributed by atoms with Crippen molar-refractivity contribution < 1.29 is 14.5 Å². The number of amides is 1. The van der Waals surface area contributed by atoms with Gasteiger partial charge in [-0.15, -0.1) is 0 Å². The van der Waals surface area contributed by atoms with Crippen LogP contribution < -0.4 is 4.74 Å². The first-order chi connectivity index (χ1) is 12.7. The van der Waals surface area contributed by atoms with E-state index in [9.17, 15) is 14.9 Å². The first kappa shape index (κ1) is 20.7. The molecule has 7 heteroatoms. The van der Waals surface area contributed by atoms with Gasteiger partial charge in [-0.05, 0) is 41.7 Å². The summed E-state index contributed by atoms with van der Waals surface area (Å²) in [5.74, 6) is 0.728. The molecule has 1 amide bonds. The fraction of sp³-hybridized carbons (Fsp3) is 0.350. The largest absolute Gasteiger partial charge is 0.483 e. The molecule has 2 rings (SSSR count). The molecule has 6 nitrogen and oxygen atoms in total. The van der Waals surface area contributed by atoms with Gasteiger partial charge in [-0.2, -0.15) is 0 Å². The van der Waals surface area contributed by atoms with Crippen molar-refractivity contribution in [3.05, 3.63) is 68.2 Å². The molecule has 0 heterocycles. The lowest BCUT2D eigenvalue weighted by Crippen LogP contribution is -2.31. The van der Waals surface area contributed by atoms with E-state index in [1.54, 1.807) is 7.05 Å². The number of carbonyl (C=O) groups excluding carboxylic acids is 1. The van der Waals surface area contributed by atoms with E-state index >= 15 is 0 Å². The zero-order chi connectivity index (χ0) is 20.1. The zero-order valence-electron chi connectivity index (χ0n) is 15.9. The van der Waals surface area contributed by atoms with Crippen LogP contribution in [0.4, 0.5) is 5.69 Å². The molecule has 144 valence electrons. The van der Waals surface area contributed by atoms with E-state index in [0.29, 0.717) is 16.3 Å². The molecule has 0 aliphatic heterocycles. The Morgan fingerprint density at radius 2 is 1.96 bits per heavy atom. The van der Waals surface area contributed by atoms with E-state index in [2.05, 4.69) is 13.8 Å². The van der Waals surface area contributed by atoms with E-state index < -0.39 is 4.92 Å². The van der Waals surface area contributed by atoms with Crippen LogP contribution in [0, 0.1) is 17.0 Å². The fourth-order valence-corrected chi connectivity index (χ4v) is 2.81. The van der Waals surface area contributed by atoms with Gasteiger partial charge < -0.3 is 9.64 Å². The van der Waals surface area contributed by atoms with Crippen molar-refractivity contribution >= 4 is 23.2 Å². The third kappa shape index (κ3) is 5.44. The molecular weight excluding hydrogens is 368 g/mol. The van der Waals surface area contributed by atoms with Crippen LogP contribution in [-0.2, 0) is 11.3 Å². The highest BCUT2D eigenvalue weighted by Gasteiger charge is 2.16. The third-order valence-electron chi connectivity index (χ3n) is 4.22. The van der Waals surface area contributed by atoms with Crippen molar-refractivity contribution in [2.24, 2.45) is 0 Å². The van der Waals surface area contributed by atoms with E-state index in [-0.39, 0.29) is 30.7 Å². The minimum atomic E-state index is -0.490. The fourth-order valence-electron chi connectivity index (χ4n) is 2.63. The van der Waals surface area contributed by atoms with Gasteiger partial charge in [0, 0.05) is 30.7 Å². The Morgan fingerprint density at radius 1 is 1.26 bits per heavy atom. The monoisotopic (exact) mass is 390 g/mol. The van der Waals surface area contributed by atoms with Crippen molar-refractivity contribution in [3.63, 3.8) is 0 Å². The lowest BCUT2D eigenvalue weighted by molar-refractivity contribution is -0.384. The predicted octanol–water partition coefficient (Wildman–Crippen LogP) is 4.72. The van der Waals surface area contributed by atoms with Gasteiger partial charge in [0.05, 0.1) is 4.92 Å². The Kier molecular flexibility index (Phi) is 6.80. The lowest BCUT2D eigenvalue weighted by Gasteiger charge is -2.20. The number of benzene rings is 2. The summed E-state index contributed by atoms with van der Waals surface area (Å²) in [5.41, 5.74) is 2.55. The summed E-state index contributed by atoms with van der Waals surface area (Å²) in [7, 11) is 1.61. The number of rotatable bonds is 7. The number of hydrogen-bond donors (Lipinski definition) is 0. The highest BCUT2D eigenvalue weighted by molar-refractivity contribution is 6.31. The van der Waals surface area contributed by atoms with Gasteiger partial charge in [-0.1, -0.05) is 37.6 Å². The van der Waals surface area contributed by atoms with Crippen LogP contribution >= 0.6 is 11.6 Å². The average molecular weight is 391 g/mol. The van der Waals surface area contributed by atoms with Crippen LogP contribution in [0.3, 0.4) is 0 Å². The van der Waals surface area contributed by atoms with E-state index in [1.165, 1.54) is 23.1 Å². The zero-order valence-corrected chi connectivity index (χ0v) is 16.6. The number of halogens is 1. The minimum absolute atomic E-state index is 0.0622. The molecular formula is C20H23ClN2O4. The number of nitro benzene ring substituents is 1. The van der Waals surface area contributed by atoms with Crippen molar-refractivity contribution in [1.29, 1.82) is 0 Å². The molecule has 0 radical (unpaired) electrons. The molecule has 2 aromatic rings. The van der Waals surface area contributed by atoms with E-state index in [0.717, 1.165) is 11.1 Å². The summed E-state index contributed by atoms with van der Waals surface area (Å²) >= 11 is 6.10. The Labute approximate surface area is 163 Å². The van der Waals surface area contributed by atoms with Crippen molar-refractivity contribution in [3.8, 4) is 5.75 Å². The number of carbonyl (C=O) groups is 1. The standard InChI is InChI=1S/C20H23ClN2O4/c1-13(2)17-7-5-14(3)9-19(17)27-12-20(24)22(4)11-15-10-16(23(25)26)6-8-18(15)21/h5-10,13H,11-12H2,1-4H3. The van der Waals surface area contributed by atoms with Crippen LogP contribution in [0.1, 0.15) is 36.5 Å². The van der Waals surface area contributed by atoms with Crippen LogP contribution in [0.25, 0.3) is 0 Å². The quantitative estimate of drug-likeness (QED) is 0.506. The normalized spacial score (nSPS) is 10.7. The number of non-ortho nitro benzene ring substituents is 1. The van der Waals surface area contributed by atoms with Gasteiger partial charge in [0.15, 0.2) is 6.61 Å². The Hall–Kier alpha value is -2.60. The molecule has 0 bridgehead atoms. The molecule has 0 aliphatic carbocycles. The van der Waals surface area contributed by atoms with Crippen LogP contribution in [-0.4, -0.2) is 29.4 Å². The number of likely N-dealkylation sites (N-methyl/N-ethyl adjacent to an activating group) is 1. The van der Waals surface area contributed by atoms with Crippen molar-refractivity contribution in [1.82, 2.24) is 4.90 Å². The van der Waals surface area contributed by atoms with Gasteiger partial charge in [0.2, 0.25) is 0 Å². The molecule has 0 saturated carbocycles. The first-order valence-corrected chi connectivity index (χ1v) is 8.97. The van der Waals surface area contributed by atoms with Crippen LogP contribution in [0.15, 0.2) is 36.4 Å². The number of nitro groups is 1. The highest BCUT2D eigenvalue weighted by Crippen LogP contribution is 2.28. The summed E-state index contributed by atoms with van der Waals surface area (Å²) in [5, 5.41) is 11.3. The van der Waals surface area contributed by atoms with Crippen LogP contribution in [0.2, 0.25) is 5.02 Å². The number of ether oxygens (including phenoxy) is 1. The first-order valence-electron chi connectivity index (χ1n) is 8.59. The number of aryl methyl sites for hydroxylation is 1. The predicted molar refractivity (Wildman–Crippen MR) is 105 cm³/mol. The molecule has 0 aliphatic rings. The molecule has 2 aromatic carbocycles. The maximum atomic E-state index is 12.4. The van der Waals surface area contributed by atoms with Crippen LogP contribution in [0.5, 0.6) is 5.75 Å². The molecule has 27 heavy (non-hydrogen) atoms. The molecule has 0 N–H and O–H groups in total. The molecule has 0 spiro atoms. The maximum absolute atomic E-state index is 12.4. The van der Waals surface area contributed by atoms with Crippen molar-refractivity contribution in [2.75, 3.05) is 13.7 Å². The maximum Gasteiger partial charge on any atom is 0.269 e. The SMILES string of the molecule is Cc1ccc(C(C)C)c(OCC(=O)N(C)Cc2cc([N+](=O)[O-])ccc2Cl)c1. The second-order valence-electron chi connectivity index (χ2n) is 6.77. The summed E-state index contributed by atoms with van der Waals surface area (Å²) in [4.78, 5) is 24.3. The second-order valence-corrected chi connectivity index (χ2v) is 7.17. The van der Waals surface area contributed by atoms with E-state index in [4.69, 9.17) is 16.3 Å². The topological polar surface area (TPSA) is 72.7 Å². The molecule has 0 aromatic heterocycles. The third-order valence-corrected chi connectivity index (χ3v) is 4.58. The number of nitrogens with zero attached hydrogens (tertiary/aromatic N) is 2. The summed E-state index contributed by atoms with van der Waals surface area (Å²) in [6, 6.07) is 10.1. The van der Waals surface area contributed by atoms with Gasteiger partial charge in [-0.25, -0.2) is 0 Å². The summed E-state index contributed by atoms with van der Waals surface area (Å²) in [6.45, 7) is 6.14. The van der Waals surface area contributed by atoms with Gasteiger partial charge in [0.1, 0.15) is 5.75 Å². The Bertz CT molecular complexity index is 852.